The van der Waals surface area contributed by atoms with Crippen molar-refractivity contribution in [2.45, 2.75) is 40.2 Å². The van der Waals surface area contributed by atoms with Gasteiger partial charge in [0.05, 0.1) is 18.5 Å². The fourth-order valence-corrected chi connectivity index (χ4v) is 3.57. The van der Waals surface area contributed by atoms with Crippen molar-refractivity contribution in [1.29, 1.82) is 0 Å². The monoisotopic (exact) mass is 433 g/mol. The van der Waals surface area contributed by atoms with Gasteiger partial charge in [-0.15, -0.1) is 0 Å². The van der Waals surface area contributed by atoms with Gasteiger partial charge in [0.25, 0.3) is 0 Å². The maximum absolute atomic E-state index is 12.1. The highest BCUT2D eigenvalue weighted by Crippen LogP contribution is 2.31. The second-order valence-electron chi connectivity index (χ2n) is 8.76. The molecule has 7 heteroatoms. The molecule has 3 heterocycles. The molecule has 2 aromatic heterocycles. The number of hydrogen-bond donors (Lipinski definition) is 2. The number of benzene rings is 1. The predicted molar refractivity (Wildman–Crippen MR) is 125 cm³/mol. The number of aromatic nitrogens is 2. The maximum atomic E-state index is 12.1. The zero-order chi connectivity index (χ0) is 23.0. The van der Waals surface area contributed by atoms with Crippen LogP contribution in [0.4, 0.5) is 4.79 Å². The summed E-state index contributed by atoms with van der Waals surface area (Å²) >= 11 is 0. The molecule has 0 unspecified atom stereocenters. The molecule has 0 radical (unpaired) electrons. The molecule has 0 atom stereocenters. The first-order valence-electron chi connectivity index (χ1n) is 10.4. The van der Waals surface area contributed by atoms with Crippen molar-refractivity contribution in [2.24, 2.45) is 4.99 Å². The van der Waals surface area contributed by atoms with E-state index in [2.05, 4.69) is 23.0 Å². The van der Waals surface area contributed by atoms with Gasteiger partial charge in [-0.2, -0.15) is 0 Å². The standard InChI is InChI=1S/C25H27N3O4/c1-14-10-15(2)26-18(14)12-21-23(30-6)13-20(28-21)19-11-16-17(27-19)8-7-9-22(16)31-24(29)32-25(3,4)5/h7-13,26-27H,1-6H3/b21-12-. The fraction of sp³-hybridized carbons (Fsp3) is 0.280. The summed E-state index contributed by atoms with van der Waals surface area (Å²) in [7, 11) is 1.63. The minimum atomic E-state index is -0.741. The van der Waals surface area contributed by atoms with Crippen molar-refractivity contribution < 1.29 is 19.0 Å². The van der Waals surface area contributed by atoms with Crippen LogP contribution in [-0.2, 0) is 9.47 Å². The van der Waals surface area contributed by atoms with Crippen molar-refractivity contribution in [2.75, 3.05) is 7.11 Å². The van der Waals surface area contributed by atoms with Crippen LogP contribution in [0.15, 0.2) is 52.9 Å². The van der Waals surface area contributed by atoms with Crippen molar-refractivity contribution >= 4 is 28.8 Å². The number of nitrogens with zero attached hydrogens (tertiary/aromatic N) is 1. The Labute approximate surface area is 186 Å². The second kappa shape index (κ2) is 8.07. The molecule has 7 nitrogen and oxygen atoms in total. The number of methoxy groups -OCH3 is 1. The first-order valence-corrected chi connectivity index (χ1v) is 10.4. The molecule has 32 heavy (non-hydrogen) atoms. The van der Waals surface area contributed by atoms with Gasteiger partial charge in [-0.1, -0.05) is 6.07 Å². The summed E-state index contributed by atoms with van der Waals surface area (Å²) in [5.74, 6) is 1.09. The molecule has 3 aromatic rings. The van der Waals surface area contributed by atoms with E-state index in [1.54, 1.807) is 33.9 Å². The van der Waals surface area contributed by atoms with Gasteiger partial charge in [-0.05, 0) is 70.5 Å². The molecular formula is C25H27N3O4. The van der Waals surface area contributed by atoms with Gasteiger partial charge in [-0.25, -0.2) is 9.79 Å². The van der Waals surface area contributed by atoms with Crippen molar-refractivity contribution in [3.63, 3.8) is 0 Å². The number of aromatic amines is 2. The quantitative estimate of drug-likeness (QED) is 0.402. The van der Waals surface area contributed by atoms with Gasteiger partial charge in [0.15, 0.2) is 0 Å². The van der Waals surface area contributed by atoms with E-state index in [4.69, 9.17) is 19.2 Å². The second-order valence-corrected chi connectivity index (χ2v) is 8.76. The first-order chi connectivity index (χ1) is 15.1. The minimum Gasteiger partial charge on any atom is -0.494 e. The summed E-state index contributed by atoms with van der Waals surface area (Å²) in [6, 6.07) is 9.46. The number of aliphatic imine (C=N–C) groups is 1. The largest absolute Gasteiger partial charge is 0.514 e. The molecule has 4 rings (SSSR count). The number of carbonyl (C=O) groups is 1. The lowest BCUT2D eigenvalue weighted by Gasteiger charge is -2.18. The van der Waals surface area contributed by atoms with Crippen LogP contribution in [0.1, 0.15) is 43.4 Å². The summed E-state index contributed by atoms with van der Waals surface area (Å²) in [4.78, 5) is 23.6. The minimum absolute atomic E-state index is 0.419. The molecule has 1 aliphatic heterocycles. The van der Waals surface area contributed by atoms with E-state index in [9.17, 15) is 4.79 Å². The van der Waals surface area contributed by atoms with Gasteiger partial charge < -0.3 is 24.2 Å². The van der Waals surface area contributed by atoms with Crippen molar-refractivity contribution in [1.82, 2.24) is 9.97 Å². The lowest BCUT2D eigenvalue weighted by atomic mass is 10.2. The van der Waals surface area contributed by atoms with Crippen LogP contribution in [0, 0.1) is 13.8 Å². The normalized spacial score (nSPS) is 15.1. The van der Waals surface area contributed by atoms with Gasteiger partial charge in [0.2, 0.25) is 0 Å². The lowest BCUT2D eigenvalue weighted by molar-refractivity contribution is 0.0209. The number of aryl methyl sites for hydroxylation is 2. The summed E-state index contributed by atoms with van der Waals surface area (Å²) in [6.45, 7) is 9.45. The number of nitrogens with one attached hydrogen (secondary N) is 2. The molecule has 1 aromatic carbocycles. The number of ether oxygens (including phenoxy) is 3. The molecule has 1 aliphatic rings. The SMILES string of the molecule is COC1=CC(c2cc3c(OC(=O)OC(C)(C)C)cccc3[nH]2)=N/C1=C\c1[nH]c(C)cc1C. The van der Waals surface area contributed by atoms with Crippen LogP contribution >= 0.6 is 0 Å². The van der Waals surface area contributed by atoms with E-state index in [0.29, 0.717) is 11.5 Å². The maximum Gasteiger partial charge on any atom is 0.514 e. The number of fused-ring (bicyclic) bond motifs is 1. The fourth-order valence-electron chi connectivity index (χ4n) is 3.57. The zero-order valence-electron chi connectivity index (χ0n) is 19.1. The topological polar surface area (TPSA) is 88.7 Å². The lowest BCUT2D eigenvalue weighted by Crippen LogP contribution is -2.26. The Morgan fingerprint density at radius 1 is 1.12 bits per heavy atom. The molecule has 0 aliphatic carbocycles. The molecule has 0 fully saturated rings. The highest BCUT2D eigenvalue weighted by Gasteiger charge is 2.21. The highest BCUT2D eigenvalue weighted by molar-refractivity contribution is 6.13. The number of H-pyrrole nitrogens is 2. The Morgan fingerprint density at radius 3 is 2.56 bits per heavy atom. The van der Waals surface area contributed by atoms with Crippen molar-refractivity contribution in [3.8, 4) is 5.75 Å². The van der Waals surface area contributed by atoms with Crippen LogP contribution in [0.2, 0.25) is 0 Å². The smallest absolute Gasteiger partial charge is 0.494 e. The third-order valence-corrected chi connectivity index (χ3v) is 4.93. The molecule has 0 saturated heterocycles. The molecular weight excluding hydrogens is 406 g/mol. The number of allylic oxidation sites excluding steroid dienone is 1. The van der Waals surface area contributed by atoms with Crippen molar-refractivity contribution in [3.05, 3.63) is 70.5 Å². The highest BCUT2D eigenvalue weighted by atomic mass is 16.7. The van der Waals surface area contributed by atoms with E-state index in [-0.39, 0.29) is 0 Å². The van der Waals surface area contributed by atoms with E-state index in [0.717, 1.165) is 45.0 Å². The Hall–Kier alpha value is -3.74. The zero-order valence-corrected chi connectivity index (χ0v) is 19.1. The Kier molecular flexibility index (Phi) is 5.42. The summed E-state index contributed by atoms with van der Waals surface area (Å²) in [5.41, 5.74) is 5.67. The van der Waals surface area contributed by atoms with Crippen LogP contribution in [0.25, 0.3) is 17.0 Å². The number of rotatable bonds is 4. The predicted octanol–water partition coefficient (Wildman–Crippen LogP) is 5.80. The number of hydrogen-bond acceptors (Lipinski definition) is 5. The van der Waals surface area contributed by atoms with Crippen LogP contribution in [-0.4, -0.2) is 34.5 Å². The average Bonchev–Trinajstić information content (AvgIpc) is 3.37. The molecule has 2 N–H and O–H groups in total. The van der Waals surface area contributed by atoms with Gasteiger partial charge in [0, 0.05) is 28.4 Å². The van der Waals surface area contributed by atoms with Gasteiger partial charge in [-0.3, -0.25) is 0 Å². The molecule has 0 amide bonds. The Morgan fingerprint density at radius 2 is 1.91 bits per heavy atom. The third-order valence-electron chi connectivity index (χ3n) is 4.93. The summed E-state index contributed by atoms with van der Waals surface area (Å²) in [5, 5.41) is 0.761. The Bertz CT molecular complexity index is 1280. The van der Waals surface area contributed by atoms with Gasteiger partial charge in [0.1, 0.15) is 22.8 Å². The van der Waals surface area contributed by atoms with Crippen LogP contribution in [0.3, 0.4) is 0 Å². The summed E-state index contributed by atoms with van der Waals surface area (Å²) in [6.07, 6.45) is 3.12. The van der Waals surface area contributed by atoms with Crippen LogP contribution < -0.4 is 4.74 Å². The molecule has 166 valence electrons. The van der Waals surface area contributed by atoms with Gasteiger partial charge >= 0.3 is 6.16 Å². The molecule has 0 saturated carbocycles. The average molecular weight is 434 g/mol. The Balaban J connectivity index is 1.67. The third kappa shape index (κ3) is 4.46. The van der Waals surface area contributed by atoms with Crippen LogP contribution in [0.5, 0.6) is 5.75 Å². The summed E-state index contributed by atoms with van der Waals surface area (Å²) < 4.78 is 16.3. The number of carbonyl (C=O) groups excluding carboxylic acids is 1. The molecule has 0 bridgehead atoms. The first kappa shape index (κ1) is 21.5. The van der Waals surface area contributed by atoms with E-state index in [1.165, 1.54) is 0 Å². The molecule has 0 spiro atoms. The van der Waals surface area contributed by atoms with E-state index < -0.39 is 11.8 Å². The van der Waals surface area contributed by atoms with E-state index >= 15 is 0 Å². The van der Waals surface area contributed by atoms with E-state index in [1.807, 2.05) is 37.3 Å².